The molecule has 0 bridgehead atoms. The second kappa shape index (κ2) is 8.42. The van der Waals surface area contributed by atoms with Gasteiger partial charge in [0.05, 0.1) is 5.56 Å². The number of hydrogen-bond donors (Lipinski definition) is 3. The number of benzene rings is 1. The zero-order valence-corrected chi connectivity index (χ0v) is 15.0. The molecule has 1 amide bonds. The van der Waals surface area contributed by atoms with Crippen LogP contribution in [0.25, 0.3) is 0 Å². The molecule has 1 saturated heterocycles. The first-order chi connectivity index (χ1) is 12.0. The highest BCUT2D eigenvalue weighted by molar-refractivity contribution is 5.95. The fraction of sp³-hybridized carbons (Fsp3) is 0.333. The molecule has 5 nitrogen and oxygen atoms in total. The first-order valence-corrected chi connectivity index (χ1v) is 8.11. The Morgan fingerprint density at radius 2 is 2.00 bits per heavy atom. The van der Waals surface area contributed by atoms with Crippen LogP contribution in [0.4, 0.5) is 8.78 Å². The van der Waals surface area contributed by atoms with Crippen molar-refractivity contribution in [3.63, 3.8) is 0 Å². The summed E-state index contributed by atoms with van der Waals surface area (Å²) in [6.07, 6.45) is 2.08. The molecular weight excluding hydrogens is 364 g/mol. The number of pyridine rings is 1. The molecule has 1 aliphatic heterocycles. The summed E-state index contributed by atoms with van der Waals surface area (Å²) < 4.78 is 26.8. The predicted molar refractivity (Wildman–Crippen MR) is 96.9 cm³/mol. The molecule has 0 spiro atoms. The van der Waals surface area contributed by atoms with Gasteiger partial charge >= 0.3 is 0 Å². The van der Waals surface area contributed by atoms with Crippen LogP contribution in [-0.2, 0) is 0 Å². The van der Waals surface area contributed by atoms with Gasteiger partial charge in [0.15, 0.2) is 11.6 Å². The van der Waals surface area contributed by atoms with Gasteiger partial charge in [0.2, 0.25) is 5.56 Å². The Kier molecular flexibility index (Phi) is 6.50. The number of aryl methyl sites for hydroxylation is 1. The number of carbonyl (C=O) groups is 1. The molecule has 0 aliphatic carbocycles. The molecule has 26 heavy (non-hydrogen) atoms. The number of nitrogens with one attached hydrogen (secondary N) is 3. The van der Waals surface area contributed by atoms with E-state index >= 15 is 0 Å². The molecule has 2 aromatic rings. The van der Waals surface area contributed by atoms with E-state index in [9.17, 15) is 18.4 Å². The normalized spacial score (nSPS) is 19.5. The van der Waals surface area contributed by atoms with Crippen molar-refractivity contribution in [2.24, 2.45) is 0 Å². The Morgan fingerprint density at radius 3 is 2.69 bits per heavy atom. The fourth-order valence-corrected chi connectivity index (χ4v) is 3.22. The summed E-state index contributed by atoms with van der Waals surface area (Å²) >= 11 is 0. The number of piperidine rings is 1. The Labute approximate surface area is 155 Å². The topological polar surface area (TPSA) is 74.0 Å². The fourth-order valence-electron chi connectivity index (χ4n) is 3.22. The van der Waals surface area contributed by atoms with Crippen LogP contribution < -0.4 is 16.2 Å². The van der Waals surface area contributed by atoms with Crippen LogP contribution in [0.5, 0.6) is 0 Å². The minimum Gasteiger partial charge on any atom is -0.347 e. The van der Waals surface area contributed by atoms with Gasteiger partial charge in [0.25, 0.3) is 5.91 Å². The molecule has 0 radical (unpaired) electrons. The molecular formula is C18H20ClF2N3O2. The third kappa shape index (κ3) is 4.28. The van der Waals surface area contributed by atoms with Gasteiger partial charge in [-0.1, -0.05) is 6.07 Å². The Balaban J connectivity index is 0.00000243. The molecule has 2 unspecified atom stereocenters. The standard InChI is InChI=1S/C18H19F2N3O2.ClH/c1-10-6-17(24)22-8-13(10)18(25)23-16-9-21-5-4-12(16)11-2-3-14(19)15(20)7-11;/h2-3,6-8,12,16,21H,4-5,9H2,1H3,(H,22,24)(H,23,25);1H. The monoisotopic (exact) mass is 383 g/mol. The maximum absolute atomic E-state index is 13.6. The van der Waals surface area contributed by atoms with Crippen molar-refractivity contribution >= 4 is 18.3 Å². The van der Waals surface area contributed by atoms with Crippen LogP contribution in [-0.4, -0.2) is 30.0 Å². The van der Waals surface area contributed by atoms with Crippen molar-refractivity contribution in [3.05, 3.63) is 69.1 Å². The first kappa shape index (κ1) is 20.1. The molecule has 1 aromatic heterocycles. The maximum atomic E-state index is 13.6. The largest absolute Gasteiger partial charge is 0.347 e. The number of amides is 1. The van der Waals surface area contributed by atoms with Crippen molar-refractivity contribution in [2.45, 2.75) is 25.3 Å². The number of aromatic nitrogens is 1. The summed E-state index contributed by atoms with van der Waals surface area (Å²) in [5.41, 5.74) is 1.35. The van der Waals surface area contributed by atoms with Gasteiger partial charge in [-0.15, -0.1) is 12.4 Å². The van der Waals surface area contributed by atoms with Crippen LogP contribution in [0.15, 0.2) is 35.3 Å². The van der Waals surface area contributed by atoms with E-state index in [-0.39, 0.29) is 35.8 Å². The third-order valence-electron chi connectivity index (χ3n) is 4.55. The molecule has 140 valence electrons. The quantitative estimate of drug-likeness (QED) is 0.761. The lowest BCUT2D eigenvalue weighted by molar-refractivity contribution is 0.0923. The molecule has 0 saturated carbocycles. The van der Waals surface area contributed by atoms with Gasteiger partial charge in [0.1, 0.15) is 0 Å². The van der Waals surface area contributed by atoms with Gasteiger partial charge in [-0.25, -0.2) is 8.78 Å². The highest BCUT2D eigenvalue weighted by Gasteiger charge is 2.29. The lowest BCUT2D eigenvalue weighted by Gasteiger charge is -2.33. The molecule has 8 heteroatoms. The summed E-state index contributed by atoms with van der Waals surface area (Å²) in [5.74, 6) is -2.21. The molecule has 3 rings (SSSR count). The van der Waals surface area contributed by atoms with E-state index in [0.29, 0.717) is 29.7 Å². The molecule has 1 aromatic carbocycles. The molecule has 2 atom stereocenters. The summed E-state index contributed by atoms with van der Waals surface area (Å²) in [4.78, 5) is 26.3. The van der Waals surface area contributed by atoms with Crippen LogP contribution in [0.3, 0.4) is 0 Å². The van der Waals surface area contributed by atoms with Gasteiger partial charge < -0.3 is 15.6 Å². The molecule has 3 N–H and O–H groups in total. The van der Waals surface area contributed by atoms with Crippen LogP contribution in [0, 0.1) is 18.6 Å². The highest BCUT2D eigenvalue weighted by atomic mass is 35.5. The van der Waals surface area contributed by atoms with Crippen molar-refractivity contribution < 1.29 is 13.6 Å². The van der Waals surface area contributed by atoms with Gasteiger partial charge in [0, 0.05) is 30.8 Å². The van der Waals surface area contributed by atoms with E-state index in [4.69, 9.17) is 0 Å². The van der Waals surface area contributed by atoms with Crippen molar-refractivity contribution in [1.82, 2.24) is 15.6 Å². The Hall–Kier alpha value is -2.25. The Morgan fingerprint density at radius 1 is 1.23 bits per heavy atom. The average Bonchev–Trinajstić information content (AvgIpc) is 2.58. The molecule has 1 aliphatic rings. The number of H-pyrrole nitrogens is 1. The summed E-state index contributed by atoms with van der Waals surface area (Å²) in [6.45, 7) is 2.95. The van der Waals surface area contributed by atoms with Gasteiger partial charge in [-0.05, 0) is 43.1 Å². The summed E-state index contributed by atoms with van der Waals surface area (Å²) in [7, 11) is 0. The van der Waals surface area contributed by atoms with Crippen molar-refractivity contribution in [1.29, 1.82) is 0 Å². The van der Waals surface area contributed by atoms with E-state index in [1.54, 1.807) is 13.0 Å². The van der Waals surface area contributed by atoms with Gasteiger partial charge in [-0.3, -0.25) is 9.59 Å². The minimum absolute atomic E-state index is 0. The zero-order valence-electron chi connectivity index (χ0n) is 14.1. The minimum atomic E-state index is -0.891. The predicted octanol–water partition coefficient (Wildman–Crippen LogP) is 2.26. The van der Waals surface area contributed by atoms with Crippen molar-refractivity contribution in [3.8, 4) is 0 Å². The smallest absolute Gasteiger partial charge is 0.253 e. The maximum Gasteiger partial charge on any atom is 0.253 e. The number of halogens is 3. The van der Waals surface area contributed by atoms with Crippen molar-refractivity contribution in [2.75, 3.05) is 13.1 Å². The number of carbonyl (C=O) groups excluding carboxylic acids is 1. The van der Waals surface area contributed by atoms with E-state index < -0.39 is 11.6 Å². The van der Waals surface area contributed by atoms with Crippen LogP contribution in [0.1, 0.15) is 33.8 Å². The first-order valence-electron chi connectivity index (χ1n) is 8.11. The SMILES string of the molecule is Cc1cc(=O)[nH]cc1C(=O)NC1CNCCC1c1ccc(F)c(F)c1.Cl. The zero-order chi connectivity index (χ0) is 18.0. The van der Waals surface area contributed by atoms with E-state index in [2.05, 4.69) is 15.6 Å². The number of rotatable bonds is 3. The van der Waals surface area contributed by atoms with E-state index in [1.807, 2.05) is 0 Å². The lowest BCUT2D eigenvalue weighted by Crippen LogP contribution is -2.50. The summed E-state index contributed by atoms with van der Waals surface area (Å²) in [6, 6.07) is 4.95. The van der Waals surface area contributed by atoms with Gasteiger partial charge in [-0.2, -0.15) is 0 Å². The second-order valence-electron chi connectivity index (χ2n) is 6.25. The average molecular weight is 384 g/mol. The number of hydrogen-bond acceptors (Lipinski definition) is 3. The second-order valence-corrected chi connectivity index (χ2v) is 6.25. The van der Waals surface area contributed by atoms with E-state index in [1.165, 1.54) is 18.3 Å². The lowest BCUT2D eigenvalue weighted by atomic mass is 9.85. The van der Waals surface area contributed by atoms with Crippen LogP contribution in [0.2, 0.25) is 0 Å². The summed E-state index contributed by atoms with van der Waals surface area (Å²) in [5, 5.41) is 6.14. The van der Waals surface area contributed by atoms with E-state index in [0.717, 1.165) is 12.6 Å². The number of aromatic amines is 1. The van der Waals surface area contributed by atoms with Crippen LogP contribution >= 0.6 is 12.4 Å². The molecule has 2 heterocycles. The molecule has 1 fully saturated rings. The highest BCUT2D eigenvalue weighted by Crippen LogP contribution is 2.27. The third-order valence-corrected chi connectivity index (χ3v) is 4.55. The Bertz CT molecular complexity index is 857.